The molecule has 0 aliphatic heterocycles. The van der Waals surface area contributed by atoms with Crippen molar-refractivity contribution in [3.05, 3.63) is 78.4 Å². The van der Waals surface area contributed by atoms with Gasteiger partial charge >= 0.3 is 5.97 Å². The first-order valence-electron chi connectivity index (χ1n) is 9.90. The van der Waals surface area contributed by atoms with Crippen LogP contribution < -0.4 is 16.2 Å². The number of nitrogens with zero attached hydrogens (tertiary/aromatic N) is 3. The topological polar surface area (TPSA) is 188 Å². The number of carbonyl (C=O) groups excluding carboxylic acids is 1. The lowest BCUT2D eigenvalue weighted by Gasteiger charge is -2.20. The molecule has 0 saturated heterocycles. The van der Waals surface area contributed by atoms with Crippen LogP contribution in [0.1, 0.15) is 33.0 Å². The Kier molecular flexibility index (Phi) is 5.86. The molecule has 5 N–H and O–H groups in total. The first-order chi connectivity index (χ1) is 16.2. The van der Waals surface area contributed by atoms with Crippen molar-refractivity contribution in [3.63, 3.8) is 0 Å². The number of nitro groups is 1. The van der Waals surface area contributed by atoms with Crippen LogP contribution in [0.5, 0.6) is 0 Å². The number of rotatable bonds is 7. The molecule has 1 atom stereocenters. The molecule has 4 aromatic rings. The van der Waals surface area contributed by atoms with E-state index in [1.54, 1.807) is 18.3 Å². The smallest absolute Gasteiger partial charge is 0.323 e. The number of nitrogen functional groups attached to an aromatic ring is 1. The zero-order valence-corrected chi connectivity index (χ0v) is 18.5. The van der Waals surface area contributed by atoms with Crippen molar-refractivity contribution in [2.24, 2.45) is 0 Å². The number of carbonyl (C=O) groups is 2. The number of aliphatic carboxylic acids is 1. The van der Waals surface area contributed by atoms with Crippen molar-refractivity contribution in [1.82, 2.24) is 15.0 Å². The van der Waals surface area contributed by atoms with Gasteiger partial charge in [0, 0.05) is 29.1 Å². The van der Waals surface area contributed by atoms with Gasteiger partial charge in [-0.3, -0.25) is 34.4 Å². The zero-order chi connectivity index (χ0) is 24.6. The van der Waals surface area contributed by atoms with E-state index in [4.69, 9.17) is 5.73 Å². The van der Waals surface area contributed by atoms with Crippen molar-refractivity contribution >= 4 is 51.6 Å². The highest BCUT2D eigenvalue weighted by Crippen LogP contribution is 2.34. The van der Waals surface area contributed by atoms with Gasteiger partial charge < -0.3 is 15.8 Å². The molecule has 0 fully saturated rings. The van der Waals surface area contributed by atoms with Crippen molar-refractivity contribution < 1.29 is 19.6 Å². The summed E-state index contributed by atoms with van der Waals surface area (Å²) in [5.41, 5.74) is 6.03. The van der Waals surface area contributed by atoms with E-state index < -0.39 is 28.9 Å². The summed E-state index contributed by atoms with van der Waals surface area (Å²) in [5.74, 6) is -2.19. The number of fused-ring (bicyclic) bond motifs is 1. The number of H-pyrrole nitrogens is 2. The Morgan fingerprint density at radius 1 is 1.32 bits per heavy atom. The lowest BCUT2D eigenvalue weighted by Crippen LogP contribution is -2.35. The number of aromatic amines is 2. The maximum Gasteiger partial charge on any atom is 0.323 e. The second kappa shape index (κ2) is 8.78. The van der Waals surface area contributed by atoms with Gasteiger partial charge in [-0.25, -0.2) is 0 Å². The summed E-state index contributed by atoms with van der Waals surface area (Å²) in [7, 11) is 0. The lowest BCUT2D eigenvalue weighted by atomic mass is 10.0. The highest BCUT2D eigenvalue weighted by atomic mass is 32.1. The van der Waals surface area contributed by atoms with Crippen LogP contribution in [0.3, 0.4) is 0 Å². The fourth-order valence-corrected chi connectivity index (χ4v) is 4.63. The number of non-ortho nitro benzene ring substituents is 1. The van der Waals surface area contributed by atoms with Gasteiger partial charge in [0.25, 0.3) is 17.2 Å². The average Bonchev–Trinajstić information content (AvgIpc) is 3.44. The molecule has 0 spiro atoms. The number of anilines is 2. The van der Waals surface area contributed by atoms with Gasteiger partial charge in [-0.1, -0.05) is 13.0 Å². The number of hydrogen-bond acceptors (Lipinski definition) is 8. The second-order valence-electron chi connectivity index (χ2n) is 7.40. The second-order valence-corrected chi connectivity index (χ2v) is 8.52. The van der Waals surface area contributed by atoms with Gasteiger partial charge in [-0.15, -0.1) is 11.3 Å². The van der Waals surface area contributed by atoms with Crippen LogP contribution in [-0.4, -0.2) is 43.4 Å². The molecule has 3 heterocycles. The van der Waals surface area contributed by atoms with Crippen LogP contribution in [0.2, 0.25) is 0 Å². The fourth-order valence-electron chi connectivity index (χ4n) is 3.60. The first-order valence-corrected chi connectivity index (χ1v) is 10.7. The fraction of sp³-hybridized carbons (Fsp3) is 0.143. The van der Waals surface area contributed by atoms with Crippen molar-refractivity contribution in [3.8, 4) is 0 Å². The monoisotopic (exact) mass is 482 g/mol. The number of nitrogens with one attached hydrogen (secondary N) is 2. The maximum atomic E-state index is 13.2. The number of amides is 1. The molecule has 3 aromatic heterocycles. The number of carboxylic acid groups (broad SMARTS) is 1. The third-order valence-electron chi connectivity index (χ3n) is 5.21. The SMILES string of the molecule is CC(c1ccc(C(=O)N(CC(=O)O)c2cccc([N+](=O)[O-])c2)s1)c1c[nH]c2nc(N)[nH]c(=O)c12. The highest BCUT2D eigenvalue weighted by molar-refractivity contribution is 7.14. The molecule has 0 radical (unpaired) electrons. The zero-order valence-electron chi connectivity index (χ0n) is 17.6. The van der Waals surface area contributed by atoms with Crippen LogP contribution in [0.15, 0.2) is 47.4 Å². The molecular formula is C21H18N6O6S. The van der Waals surface area contributed by atoms with Gasteiger partial charge in [0.1, 0.15) is 12.2 Å². The highest BCUT2D eigenvalue weighted by Gasteiger charge is 2.25. The molecule has 13 heteroatoms. The first kappa shape index (κ1) is 22.7. The van der Waals surface area contributed by atoms with Gasteiger partial charge in [0.2, 0.25) is 5.95 Å². The van der Waals surface area contributed by atoms with Crippen LogP contribution in [0.25, 0.3) is 11.0 Å². The number of hydrogen-bond donors (Lipinski definition) is 4. The van der Waals surface area contributed by atoms with Crippen molar-refractivity contribution in [1.29, 1.82) is 0 Å². The van der Waals surface area contributed by atoms with E-state index in [9.17, 15) is 29.6 Å². The predicted octanol–water partition coefficient (Wildman–Crippen LogP) is 2.69. The van der Waals surface area contributed by atoms with E-state index in [-0.39, 0.29) is 28.1 Å². The number of carboxylic acids is 1. The van der Waals surface area contributed by atoms with Crippen LogP contribution in [-0.2, 0) is 4.79 Å². The Hall–Kier alpha value is -4.52. The summed E-state index contributed by atoms with van der Waals surface area (Å²) in [4.78, 5) is 58.9. The Bertz CT molecular complexity index is 1490. The molecule has 34 heavy (non-hydrogen) atoms. The molecule has 174 valence electrons. The quantitative estimate of drug-likeness (QED) is 0.228. The summed E-state index contributed by atoms with van der Waals surface area (Å²) < 4.78 is 0. The molecule has 4 rings (SSSR count). The minimum absolute atomic E-state index is 0.0118. The normalized spacial score (nSPS) is 11.9. The van der Waals surface area contributed by atoms with Gasteiger partial charge in [-0.05, 0) is 23.8 Å². The van der Waals surface area contributed by atoms with Crippen LogP contribution in [0.4, 0.5) is 17.3 Å². The summed E-state index contributed by atoms with van der Waals surface area (Å²) in [6, 6.07) is 8.49. The third-order valence-corrected chi connectivity index (χ3v) is 6.47. The minimum atomic E-state index is -1.27. The number of nitro benzene ring substituents is 1. The minimum Gasteiger partial charge on any atom is -0.480 e. The van der Waals surface area contributed by atoms with Gasteiger partial charge in [-0.2, -0.15) is 4.98 Å². The third kappa shape index (κ3) is 4.23. The molecular weight excluding hydrogens is 464 g/mol. The van der Waals surface area contributed by atoms with Crippen molar-refractivity contribution in [2.75, 3.05) is 17.2 Å². The van der Waals surface area contributed by atoms with E-state index in [0.29, 0.717) is 16.6 Å². The molecule has 0 aliphatic rings. The Labute approximate surface area is 194 Å². The average molecular weight is 482 g/mol. The Balaban J connectivity index is 1.68. The predicted molar refractivity (Wildman–Crippen MR) is 125 cm³/mol. The van der Waals surface area contributed by atoms with Crippen molar-refractivity contribution in [2.45, 2.75) is 12.8 Å². The van der Waals surface area contributed by atoms with E-state index >= 15 is 0 Å². The molecule has 1 amide bonds. The molecule has 1 aromatic carbocycles. The number of aromatic nitrogens is 3. The molecule has 0 bridgehead atoms. The van der Waals surface area contributed by atoms with Gasteiger partial charge in [0.15, 0.2) is 0 Å². The van der Waals surface area contributed by atoms with Crippen LogP contribution >= 0.6 is 11.3 Å². The number of thiophene rings is 1. The Morgan fingerprint density at radius 2 is 2.09 bits per heavy atom. The maximum absolute atomic E-state index is 13.2. The summed E-state index contributed by atoms with van der Waals surface area (Å²) in [6.07, 6.45) is 1.65. The molecule has 0 aliphatic carbocycles. The largest absolute Gasteiger partial charge is 0.480 e. The number of benzene rings is 1. The van der Waals surface area contributed by atoms with Crippen LogP contribution in [0, 0.1) is 10.1 Å². The lowest BCUT2D eigenvalue weighted by molar-refractivity contribution is -0.384. The summed E-state index contributed by atoms with van der Waals surface area (Å²) in [6.45, 7) is 1.18. The molecule has 1 unspecified atom stereocenters. The molecule has 0 saturated carbocycles. The Morgan fingerprint density at radius 3 is 2.79 bits per heavy atom. The standard InChI is InChI=1S/C21H18N6O6S/c1-10(13-8-23-18-17(13)19(30)25-21(22)24-18)14-5-6-15(34-14)20(31)26(9-16(28)29)11-3-2-4-12(7-11)27(32)33/h2-8,10H,9H2,1H3,(H,28,29)(H4,22,23,24,25,30). The van der Waals surface area contributed by atoms with E-state index in [0.717, 1.165) is 27.2 Å². The summed E-state index contributed by atoms with van der Waals surface area (Å²) in [5, 5.41) is 20.8. The van der Waals surface area contributed by atoms with E-state index in [1.165, 1.54) is 18.2 Å². The van der Waals surface area contributed by atoms with Gasteiger partial charge in [0.05, 0.1) is 20.9 Å². The van der Waals surface area contributed by atoms with E-state index in [1.807, 2.05) is 6.92 Å². The molecule has 12 nitrogen and oxygen atoms in total. The number of nitrogens with two attached hydrogens (primary N) is 1. The van der Waals surface area contributed by atoms with E-state index in [2.05, 4.69) is 15.0 Å². The summed E-state index contributed by atoms with van der Waals surface area (Å²) >= 11 is 1.14.